The van der Waals surface area contributed by atoms with Crippen molar-refractivity contribution in [1.29, 1.82) is 0 Å². The third-order valence-electron chi connectivity index (χ3n) is 5.71. The van der Waals surface area contributed by atoms with E-state index in [0.29, 0.717) is 30.4 Å². The summed E-state index contributed by atoms with van der Waals surface area (Å²) in [5.41, 5.74) is 3.55. The lowest BCUT2D eigenvalue weighted by atomic mass is 10.1. The van der Waals surface area contributed by atoms with Crippen molar-refractivity contribution in [3.05, 3.63) is 123 Å². The van der Waals surface area contributed by atoms with Gasteiger partial charge in [0.1, 0.15) is 5.82 Å². The molecular formula is C27H23Br2FN4O2S2. The standard InChI is InChI=1S/C27H23Br2FN4O2S2/c28-25-10-3-21(15-26(25)29)17-33(16-20-11-13-32-14-12-20)27(37)34(18-19-1-4-22(30)5-2-19)23-6-8-24(9-7-23)38(31,35)36/h1-15H,16-18H2,(H2,31,35,36). The fraction of sp³-hybridized carbons (Fsp3) is 0.111. The van der Waals surface area contributed by atoms with Crippen LogP contribution in [0.4, 0.5) is 10.1 Å². The summed E-state index contributed by atoms with van der Waals surface area (Å²) in [6.45, 7) is 1.34. The monoisotopic (exact) mass is 676 g/mol. The van der Waals surface area contributed by atoms with Gasteiger partial charge in [-0.25, -0.2) is 17.9 Å². The molecule has 4 rings (SSSR count). The molecule has 0 aliphatic heterocycles. The Balaban J connectivity index is 1.73. The Kier molecular flexibility index (Phi) is 9.27. The van der Waals surface area contributed by atoms with Crippen molar-refractivity contribution in [2.45, 2.75) is 24.5 Å². The van der Waals surface area contributed by atoms with Crippen molar-refractivity contribution in [2.75, 3.05) is 4.90 Å². The first-order valence-electron chi connectivity index (χ1n) is 11.4. The summed E-state index contributed by atoms with van der Waals surface area (Å²) in [5, 5.41) is 5.81. The molecule has 0 radical (unpaired) electrons. The van der Waals surface area contributed by atoms with Gasteiger partial charge in [0.25, 0.3) is 0 Å². The number of primary sulfonamides is 1. The number of nitrogens with two attached hydrogens (primary N) is 1. The Hall–Kier alpha value is -2.70. The summed E-state index contributed by atoms with van der Waals surface area (Å²) in [6, 6.07) is 22.3. The van der Waals surface area contributed by atoms with Gasteiger partial charge in [-0.1, -0.05) is 18.2 Å². The number of nitrogens with zero attached hydrogens (tertiary/aromatic N) is 3. The van der Waals surface area contributed by atoms with Crippen molar-refractivity contribution >= 4 is 64.9 Å². The van der Waals surface area contributed by atoms with E-state index in [1.165, 1.54) is 24.3 Å². The molecule has 0 saturated heterocycles. The maximum Gasteiger partial charge on any atom is 0.238 e. The Morgan fingerprint density at radius 1 is 0.816 bits per heavy atom. The van der Waals surface area contributed by atoms with Crippen molar-refractivity contribution in [1.82, 2.24) is 9.88 Å². The number of aromatic nitrogens is 1. The molecule has 0 fully saturated rings. The number of hydrogen-bond acceptors (Lipinski definition) is 4. The summed E-state index contributed by atoms with van der Waals surface area (Å²) >= 11 is 13.2. The molecule has 1 heterocycles. The van der Waals surface area contributed by atoms with Crippen LogP contribution in [0, 0.1) is 5.82 Å². The Morgan fingerprint density at radius 2 is 1.39 bits per heavy atom. The van der Waals surface area contributed by atoms with Crippen molar-refractivity contribution in [3.63, 3.8) is 0 Å². The molecule has 3 aromatic carbocycles. The SMILES string of the molecule is NS(=O)(=O)c1ccc(N(Cc2ccc(F)cc2)C(=S)N(Cc2ccncc2)Cc2ccc(Br)c(Br)c2)cc1. The van der Waals surface area contributed by atoms with Crippen molar-refractivity contribution in [3.8, 4) is 0 Å². The molecule has 0 spiro atoms. The van der Waals surface area contributed by atoms with Crippen LogP contribution >= 0.6 is 44.1 Å². The van der Waals surface area contributed by atoms with E-state index in [-0.39, 0.29) is 10.7 Å². The molecule has 2 N–H and O–H groups in total. The minimum atomic E-state index is -3.85. The number of thiocarbonyl (C=S) groups is 1. The van der Waals surface area contributed by atoms with Crippen LogP contribution in [-0.4, -0.2) is 23.4 Å². The number of benzene rings is 3. The summed E-state index contributed by atoms with van der Waals surface area (Å²) < 4.78 is 39.1. The molecule has 0 aliphatic carbocycles. The summed E-state index contributed by atoms with van der Waals surface area (Å²) in [6.07, 6.45) is 3.46. The van der Waals surface area contributed by atoms with Gasteiger partial charge >= 0.3 is 0 Å². The average Bonchev–Trinajstić information content (AvgIpc) is 2.90. The van der Waals surface area contributed by atoms with Gasteiger partial charge in [0.05, 0.1) is 11.4 Å². The third-order valence-corrected chi connectivity index (χ3v) is 9.00. The molecule has 38 heavy (non-hydrogen) atoms. The molecular weight excluding hydrogens is 655 g/mol. The maximum atomic E-state index is 13.6. The van der Waals surface area contributed by atoms with Gasteiger partial charge in [-0.3, -0.25) is 4.98 Å². The van der Waals surface area contributed by atoms with Gasteiger partial charge in [-0.2, -0.15) is 0 Å². The van der Waals surface area contributed by atoms with E-state index in [0.717, 1.165) is 25.6 Å². The first kappa shape index (κ1) is 28.3. The summed E-state index contributed by atoms with van der Waals surface area (Å²) in [7, 11) is -3.85. The molecule has 0 atom stereocenters. The minimum absolute atomic E-state index is 0.00209. The number of rotatable bonds is 8. The summed E-state index contributed by atoms with van der Waals surface area (Å²) in [5.74, 6) is -0.333. The zero-order valence-corrected chi connectivity index (χ0v) is 24.8. The topological polar surface area (TPSA) is 79.5 Å². The van der Waals surface area contributed by atoms with Crippen LogP contribution in [0.3, 0.4) is 0 Å². The normalized spacial score (nSPS) is 11.3. The van der Waals surface area contributed by atoms with Gasteiger partial charge in [-0.05, 0) is 121 Å². The Bertz CT molecular complexity index is 1520. The van der Waals surface area contributed by atoms with E-state index >= 15 is 0 Å². The van der Waals surface area contributed by atoms with E-state index in [1.54, 1.807) is 36.7 Å². The Morgan fingerprint density at radius 3 is 2.00 bits per heavy atom. The van der Waals surface area contributed by atoms with Gasteiger partial charge in [0.2, 0.25) is 10.0 Å². The second kappa shape index (κ2) is 12.4. The lowest BCUT2D eigenvalue weighted by Crippen LogP contribution is -2.42. The van der Waals surface area contributed by atoms with Crippen LogP contribution < -0.4 is 10.0 Å². The van der Waals surface area contributed by atoms with Crippen molar-refractivity contribution in [2.24, 2.45) is 5.14 Å². The number of hydrogen-bond donors (Lipinski definition) is 1. The van der Waals surface area contributed by atoms with E-state index in [4.69, 9.17) is 17.4 Å². The quantitative estimate of drug-likeness (QED) is 0.218. The van der Waals surface area contributed by atoms with Crippen molar-refractivity contribution < 1.29 is 12.8 Å². The van der Waals surface area contributed by atoms with E-state index in [2.05, 4.69) is 41.7 Å². The predicted molar refractivity (Wildman–Crippen MR) is 158 cm³/mol. The number of pyridine rings is 1. The lowest BCUT2D eigenvalue weighted by molar-refractivity contribution is 0.405. The Labute approximate surface area is 243 Å². The fourth-order valence-electron chi connectivity index (χ4n) is 3.79. The highest BCUT2D eigenvalue weighted by molar-refractivity contribution is 9.13. The van der Waals surface area contributed by atoms with Gasteiger partial charge in [-0.15, -0.1) is 0 Å². The molecule has 11 heteroatoms. The molecule has 0 unspecified atom stereocenters. The molecule has 6 nitrogen and oxygen atoms in total. The highest BCUT2D eigenvalue weighted by atomic mass is 79.9. The molecule has 0 saturated carbocycles. The molecule has 0 aliphatic rings. The predicted octanol–water partition coefficient (Wildman–Crippen LogP) is 6.39. The second-order valence-electron chi connectivity index (χ2n) is 8.49. The van der Waals surface area contributed by atoms with Crippen LogP contribution in [0.2, 0.25) is 0 Å². The number of anilines is 1. The fourth-order valence-corrected chi connectivity index (χ4v) is 5.27. The zero-order valence-electron chi connectivity index (χ0n) is 20.0. The lowest BCUT2D eigenvalue weighted by Gasteiger charge is -2.34. The van der Waals surface area contributed by atoms with E-state index < -0.39 is 10.0 Å². The van der Waals surface area contributed by atoms with Crippen LogP contribution in [0.15, 0.2) is 105 Å². The highest BCUT2D eigenvalue weighted by Crippen LogP contribution is 2.27. The van der Waals surface area contributed by atoms with Crippen LogP contribution in [0.25, 0.3) is 0 Å². The number of halogens is 3. The van der Waals surface area contributed by atoms with Gasteiger partial charge < -0.3 is 9.80 Å². The largest absolute Gasteiger partial charge is 0.340 e. The van der Waals surface area contributed by atoms with E-state index in [9.17, 15) is 12.8 Å². The number of sulfonamides is 1. The highest BCUT2D eigenvalue weighted by Gasteiger charge is 2.21. The van der Waals surface area contributed by atoms with Crippen LogP contribution in [0.1, 0.15) is 16.7 Å². The molecule has 1 aromatic heterocycles. The van der Waals surface area contributed by atoms with E-state index in [1.807, 2.05) is 35.2 Å². The summed E-state index contributed by atoms with van der Waals surface area (Å²) in [4.78, 5) is 8.06. The first-order valence-corrected chi connectivity index (χ1v) is 14.9. The molecule has 196 valence electrons. The zero-order chi connectivity index (χ0) is 27.3. The average molecular weight is 678 g/mol. The molecule has 4 aromatic rings. The first-order chi connectivity index (χ1) is 18.1. The third kappa shape index (κ3) is 7.45. The smallest absolute Gasteiger partial charge is 0.238 e. The molecule has 0 amide bonds. The van der Waals surface area contributed by atoms with Crippen LogP contribution in [-0.2, 0) is 29.7 Å². The molecule has 0 bridgehead atoms. The second-order valence-corrected chi connectivity index (χ2v) is 12.1. The minimum Gasteiger partial charge on any atom is -0.340 e. The van der Waals surface area contributed by atoms with Crippen LogP contribution in [0.5, 0.6) is 0 Å². The van der Waals surface area contributed by atoms with Gasteiger partial charge in [0, 0.05) is 40.1 Å². The maximum absolute atomic E-state index is 13.6. The van der Waals surface area contributed by atoms with Gasteiger partial charge in [0.15, 0.2) is 5.11 Å².